The van der Waals surface area contributed by atoms with Gasteiger partial charge in [0.15, 0.2) is 0 Å². The number of pyridine rings is 2. The largest absolute Gasteiger partial charge is 0.461 e. The van der Waals surface area contributed by atoms with Crippen LogP contribution in [-0.4, -0.2) is 51.0 Å². The van der Waals surface area contributed by atoms with E-state index in [4.69, 9.17) is 24.7 Å². The van der Waals surface area contributed by atoms with Crippen LogP contribution in [0, 0.1) is 0 Å². The summed E-state index contributed by atoms with van der Waals surface area (Å²) in [4.78, 5) is 48.7. The third kappa shape index (κ3) is 8.42. The SMILES string of the molecule is CCOC(=O)c1cc2ccc(Oc3ccc(N)cn3)cc2[nH]1.CCOC(=O)c1cc2ccc(Oc3ccc(NC(C)=O)cn3)cc2[nH]1. The summed E-state index contributed by atoms with van der Waals surface area (Å²) in [7, 11) is 0. The number of amides is 1. The number of hydrogen-bond acceptors (Lipinski definition) is 10. The lowest BCUT2D eigenvalue weighted by Crippen LogP contribution is -2.05. The van der Waals surface area contributed by atoms with Crippen LogP contribution in [0.3, 0.4) is 0 Å². The first kappa shape index (κ1) is 32.0. The maximum absolute atomic E-state index is 11.8. The van der Waals surface area contributed by atoms with Crippen molar-refractivity contribution in [2.45, 2.75) is 20.8 Å². The molecule has 0 unspecified atom stereocenters. The van der Waals surface area contributed by atoms with Crippen molar-refractivity contribution in [2.75, 3.05) is 24.3 Å². The highest BCUT2D eigenvalue weighted by molar-refractivity contribution is 5.96. The van der Waals surface area contributed by atoms with E-state index in [-0.39, 0.29) is 11.9 Å². The fraction of sp³-hybridized carbons (Fsp3) is 0.147. The summed E-state index contributed by atoms with van der Waals surface area (Å²) in [6.07, 6.45) is 3.05. The zero-order valence-corrected chi connectivity index (χ0v) is 25.8. The topological polar surface area (TPSA) is 184 Å². The van der Waals surface area contributed by atoms with Gasteiger partial charge in [0, 0.05) is 53.0 Å². The molecule has 1 amide bonds. The smallest absolute Gasteiger partial charge is 0.354 e. The van der Waals surface area contributed by atoms with Crippen LogP contribution in [0.1, 0.15) is 41.7 Å². The summed E-state index contributed by atoms with van der Waals surface area (Å²) < 4.78 is 21.3. The molecule has 0 aliphatic carbocycles. The quantitative estimate of drug-likeness (QED) is 0.126. The molecule has 0 fully saturated rings. The minimum absolute atomic E-state index is 0.162. The molecule has 0 saturated carbocycles. The van der Waals surface area contributed by atoms with Gasteiger partial charge in [-0.1, -0.05) is 0 Å². The molecule has 0 spiro atoms. The summed E-state index contributed by atoms with van der Waals surface area (Å²) in [5.41, 5.74) is 9.11. The molecule has 13 nitrogen and oxygen atoms in total. The molecule has 0 radical (unpaired) electrons. The molecule has 240 valence electrons. The van der Waals surface area contributed by atoms with E-state index in [1.165, 1.54) is 19.3 Å². The lowest BCUT2D eigenvalue weighted by molar-refractivity contribution is -0.114. The number of carbonyl (C=O) groups is 3. The molecule has 0 bridgehead atoms. The Morgan fingerprint density at radius 3 is 1.64 bits per heavy atom. The maximum Gasteiger partial charge on any atom is 0.354 e. The second kappa shape index (κ2) is 14.6. The van der Waals surface area contributed by atoms with E-state index in [9.17, 15) is 14.4 Å². The van der Waals surface area contributed by atoms with Gasteiger partial charge in [0.1, 0.15) is 22.9 Å². The van der Waals surface area contributed by atoms with Crippen molar-refractivity contribution in [1.29, 1.82) is 0 Å². The molecule has 0 atom stereocenters. The number of nitrogens with zero attached hydrogens (tertiary/aromatic N) is 2. The van der Waals surface area contributed by atoms with Crippen LogP contribution >= 0.6 is 0 Å². The van der Waals surface area contributed by atoms with E-state index in [1.807, 2.05) is 18.2 Å². The van der Waals surface area contributed by atoms with Crippen molar-refractivity contribution in [3.63, 3.8) is 0 Å². The van der Waals surface area contributed by atoms with E-state index >= 15 is 0 Å². The van der Waals surface area contributed by atoms with E-state index in [2.05, 4.69) is 25.3 Å². The first-order valence-electron chi connectivity index (χ1n) is 14.6. The number of H-pyrrole nitrogens is 2. The number of fused-ring (bicyclic) bond motifs is 2. The first-order valence-corrected chi connectivity index (χ1v) is 14.6. The van der Waals surface area contributed by atoms with Gasteiger partial charge in [0.05, 0.1) is 37.0 Å². The van der Waals surface area contributed by atoms with Gasteiger partial charge in [-0.25, -0.2) is 19.6 Å². The molecular weight excluding hydrogens is 604 g/mol. The molecular formula is C34H32N6O7. The van der Waals surface area contributed by atoms with Gasteiger partial charge in [0.2, 0.25) is 17.7 Å². The molecule has 0 saturated heterocycles. The van der Waals surface area contributed by atoms with Crippen LogP contribution in [-0.2, 0) is 14.3 Å². The minimum atomic E-state index is -0.392. The number of hydrogen-bond donors (Lipinski definition) is 4. The molecule has 0 aliphatic rings. The number of aromatic amines is 2. The van der Waals surface area contributed by atoms with Crippen LogP contribution < -0.4 is 20.5 Å². The fourth-order valence-electron chi connectivity index (χ4n) is 4.39. The van der Waals surface area contributed by atoms with Crippen molar-refractivity contribution in [2.24, 2.45) is 0 Å². The van der Waals surface area contributed by atoms with E-state index in [0.29, 0.717) is 59.2 Å². The third-order valence-corrected chi connectivity index (χ3v) is 6.44. The molecule has 4 heterocycles. The van der Waals surface area contributed by atoms with Crippen LogP contribution in [0.5, 0.6) is 23.3 Å². The van der Waals surface area contributed by atoms with Crippen molar-refractivity contribution in [1.82, 2.24) is 19.9 Å². The summed E-state index contributed by atoms with van der Waals surface area (Å²) in [5.74, 6) is 1.10. The summed E-state index contributed by atoms with van der Waals surface area (Å²) >= 11 is 0. The number of anilines is 2. The number of ether oxygens (including phenoxy) is 4. The summed E-state index contributed by atoms with van der Waals surface area (Å²) in [6.45, 7) is 5.62. The molecule has 5 N–H and O–H groups in total. The lowest BCUT2D eigenvalue weighted by atomic mass is 10.2. The highest BCUT2D eigenvalue weighted by Gasteiger charge is 2.12. The minimum Gasteiger partial charge on any atom is -0.461 e. The van der Waals surface area contributed by atoms with Gasteiger partial charge in [0.25, 0.3) is 0 Å². The van der Waals surface area contributed by atoms with Crippen molar-refractivity contribution in [3.05, 3.63) is 96.6 Å². The number of carbonyl (C=O) groups excluding carboxylic acids is 3. The first-order chi connectivity index (χ1) is 22.7. The molecule has 2 aromatic carbocycles. The molecule has 6 rings (SSSR count). The number of benzene rings is 2. The Hall–Kier alpha value is -6.37. The van der Waals surface area contributed by atoms with Crippen LogP contribution in [0.25, 0.3) is 21.8 Å². The number of rotatable bonds is 9. The van der Waals surface area contributed by atoms with Crippen molar-refractivity contribution < 1.29 is 33.3 Å². The van der Waals surface area contributed by atoms with E-state index in [0.717, 1.165) is 21.8 Å². The maximum atomic E-state index is 11.8. The number of nitrogens with two attached hydrogens (primary N) is 1. The van der Waals surface area contributed by atoms with Crippen LogP contribution in [0.2, 0.25) is 0 Å². The fourth-order valence-corrected chi connectivity index (χ4v) is 4.39. The van der Waals surface area contributed by atoms with Gasteiger partial charge in [-0.2, -0.15) is 0 Å². The van der Waals surface area contributed by atoms with Crippen LogP contribution in [0.15, 0.2) is 85.2 Å². The number of aromatic nitrogens is 4. The highest BCUT2D eigenvalue weighted by Crippen LogP contribution is 2.27. The molecule has 0 aliphatic heterocycles. The second-order valence-corrected chi connectivity index (χ2v) is 10.0. The predicted molar refractivity (Wildman–Crippen MR) is 176 cm³/mol. The van der Waals surface area contributed by atoms with Crippen LogP contribution in [0.4, 0.5) is 11.4 Å². The molecule has 13 heteroatoms. The van der Waals surface area contributed by atoms with Gasteiger partial charge in [-0.3, -0.25) is 4.79 Å². The Labute approximate surface area is 269 Å². The highest BCUT2D eigenvalue weighted by atomic mass is 16.5. The molecule has 47 heavy (non-hydrogen) atoms. The number of esters is 2. The zero-order chi connectivity index (χ0) is 33.3. The van der Waals surface area contributed by atoms with E-state index in [1.54, 1.807) is 68.4 Å². The summed E-state index contributed by atoms with van der Waals surface area (Å²) in [6, 6.07) is 21.1. The normalized spacial score (nSPS) is 10.5. The summed E-state index contributed by atoms with van der Waals surface area (Å²) in [5, 5.41) is 4.42. The Balaban J connectivity index is 0.000000186. The third-order valence-electron chi connectivity index (χ3n) is 6.44. The van der Waals surface area contributed by atoms with Gasteiger partial charge in [-0.15, -0.1) is 0 Å². The number of nitrogens with one attached hydrogen (secondary N) is 3. The Morgan fingerprint density at radius 2 is 1.21 bits per heavy atom. The number of nitrogen functional groups attached to an aromatic ring is 1. The molecule has 4 aromatic heterocycles. The average Bonchev–Trinajstić information content (AvgIpc) is 3.68. The average molecular weight is 637 g/mol. The predicted octanol–water partition coefficient (Wildman–Crippen LogP) is 6.60. The lowest BCUT2D eigenvalue weighted by Gasteiger charge is -2.06. The molecule has 6 aromatic rings. The van der Waals surface area contributed by atoms with Crippen molar-refractivity contribution in [3.8, 4) is 23.3 Å². The van der Waals surface area contributed by atoms with Gasteiger partial charge in [-0.05, 0) is 62.4 Å². The van der Waals surface area contributed by atoms with Gasteiger partial charge >= 0.3 is 11.9 Å². The Kier molecular flexibility index (Phi) is 9.96. The Morgan fingerprint density at radius 1 is 0.702 bits per heavy atom. The van der Waals surface area contributed by atoms with E-state index < -0.39 is 5.97 Å². The zero-order valence-electron chi connectivity index (χ0n) is 25.8. The van der Waals surface area contributed by atoms with Gasteiger partial charge < -0.3 is 40.0 Å². The second-order valence-electron chi connectivity index (χ2n) is 10.0. The monoisotopic (exact) mass is 636 g/mol. The van der Waals surface area contributed by atoms with Crippen molar-refractivity contribution >= 4 is 51.0 Å². The Bertz CT molecular complexity index is 2020. The standard InChI is InChI=1S/C18H17N3O4.C16H15N3O3/c1-3-24-18(23)16-8-12-4-6-14(9-15(12)21-16)25-17-7-5-13(10-19-17)20-11(2)22;1-2-21-16(20)14-7-10-3-5-12(8-13(10)19-14)22-15-6-4-11(17)9-18-15/h4-10,21H,3H2,1-2H3,(H,20,22);3-9,19H,2,17H2,1H3.